The smallest absolute Gasteiger partial charge is 0.406 e. The lowest BCUT2D eigenvalue weighted by atomic mass is 10.0. The molecule has 26 heavy (non-hydrogen) atoms. The summed E-state index contributed by atoms with van der Waals surface area (Å²) in [5.41, 5.74) is 1.18. The first-order valence-corrected chi connectivity index (χ1v) is 8.75. The number of anilines is 1. The van der Waals surface area contributed by atoms with Gasteiger partial charge in [-0.3, -0.25) is 5.32 Å². The summed E-state index contributed by atoms with van der Waals surface area (Å²) in [5, 5.41) is 9.78. The monoisotopic (exact) mass is 370 g/mol. The fourth-order valence-corrected chi connectivity index (χ4v) is 2.78. The Bertz CT molecular complexity index is 655. The molecule has 0 fully saturated rings. The fourth-order valence-electron chi connectivity index (χ4n) is 2.78. The van der Waals surface area contributed by atoms with Crippen LogP contribution < -0.4 is 20.7 Å². The van der Waals surface area contributed by atoms with Gasteiger partial charge in [0, 0.05) is 11.4 Å². The molecule has 1 aliphatic rings. The van der Waals surface area contributed by atoms with Crippen molar-refractivity contribution in [2.24, 2.45) is 4.99 Å². The number of halogens is 3. The Balaban J connectivity index is 2.16. The Kier molecular flexibility index (Phi) is 6.52. The zero-order chi connectivity index (χ0) is 19.2. The van der Waals surface area contributed by atoms with Crippen molar-refractivity contribution in [3.05, 3.63) is 36.0 Å². The predicted molar refractivity (Wildman–Crippen MR) is 97.0 cm³/mol. The van der Waals surface area contributed by atoms with E-state index in [0.29, 0.717) is 11.6 Å². The van der Waals surface area contributed by atoms with Gasteiger partial charge in [-0.2, -0.15) is 0 Å². The molecule has 1 aromatic carbocycles. The van der Waals surface area contributed by atoms with Crippen molar-refractivity contribution < 1.29 is 17.9 Å². The molecule has 0 aromatic heterocycles. The molecule has 2 rings (SSSR count). The number of likely N-dealkylation sites (N-methyl/N-ethyl adjacent to an activating group) is 1. The highest BCUT2D eigenvalue weighted by atomic mass is 19.4. The average molecular weight is 370 g/mol. The zero-order valence-corrected chi connectivity index (χ0v) is 15.2. The number of ether oxygens (including phenoxy) is 1. The maximum absolute atomic E-state index is 12.2. The molecule has 0 saturated carbocycles. The molecule has 1 unspecified atom stereocenters. The minimum Gasteiger partial charge on any atom is -0.406 e. The van der Waals surface area contributed by atoms with E-state index in [-0.39, 0.29) is 5.75 Å². The molecular formula is C18H25F3N4O. The van der Waals surface area contributed by atoms with E-state index in [1.165, 1.54) is 24.3 Å². The van der Waals surface area contributed by atoms with E-state index in [2.05, 4.69) is 40.6 Å². The zero-order valence-electron chi connectivity index (χ0n) is 15.2. The molecule has 0 aliphatic carbocycles. The lowest BCUT2D eigenvalue weighted by molar-refractivity contribution is -0.274. The first-order valence-electron chi connectivity index (χ1n) is 8.75. The van der Waals surface area contributed by atoms with Crippen molar-refractivity contribution >= 4 is 11.6 Å². The predicted octanol–water partition coefficient (Wildman–Crippen LogP) is 4.36. The van der Waals surface area contributed by atoms with Crippen LogP contribution in [-0.2, 0) is 0 Å². The van der Waals surface area contributed by atoms with Gasteiger partial charge in [-0.1, -0.05) is 27.2 Å². The van der Waals surface area contributed by atoms with Gasteiger partial charge in [-0.25, -0.2) is 4.99 Å². The molecule has 0 saturated heterocycles. The third-order valence-electron chi connectivity index (χ3n) is 3.90. The van der Waals surface area contributed by atoms with Crippen molar-refractivity contribution in [2.45, 2.75) is 52.1 Å². The molecule has 0 spiro atoms. The van der Waals surface area contributed by atoms with E-state index in [1.54, 1.807) is 0 Å². The van der Waals surface area contributed by atoms with E-state index < -0.39 is 12.0 Å². The van der Waals surface area contributed by atoms with Crippen molar-refractivity contribution in [1.82, 2.24) is 10.6 Å². The summed E-state index contributed by atoms with van der Waals surface area (Å²) in [7, 11) is 0. The minimum atomic E-state index is -4.70. The Morgan fingerprint density at radius 1 is 1.15 bits per heavy atom. The van der Waals surface area contributed by atoms with Gasteiger partial charge in [-0.05, 0) is 49.7 Å². The molecule has 1 aromatic rings. The van der Waals surface area contributed by atoms with Crippen LogP contribution in [0.15, 0.2) is 41.0 Å². The van der Waals surface area contributed by atoms with Crippen LogP contribution in [0, 0.1) is 0 Å². The average Bonchev–Trinajstić information content (AvgIpc) is 2.56. The minimum absolute atomic E-state index is 0.260. The van der Waals surface area contributed by atoms with Crippen LogP contribution in [0.5, 0.6) is 5.75 Å². The molecule has 8 heteroatoms. The van der Waals surface area contributed by atoms with Crippen LogP contribution in [0.25, 0.3) is 0 Å². The normalized spacial score (nSPS) is 20.1. The molecular weight excluding hydrogens is 345 g/mol. The molecule has 1 aliphatic heterocycles. The second kappa shape index (κ2) is 8.44. The van der Waals surface area contributed by atoms with Gasteiger partial charge in [0.1, 0.15) is 11.4 Å². The number of hydrogen-bond donors (Lipinski definition) is 3. The molecule has 0 radical (unpaired) electrons. The third kappa shape index (κ3) is 5.66. The van der Waals surface area contributed by atoms with E-state index in [1.807, 2.05) is 6.92 Å². The second-order valence-corrected chi connectivity index (χ2v) is 6.01. The summed E-state index contributed by atoms with van der Waals surface area (Å²) in [5.74, 6) is 0.298. The third-order valence-corrected chi connectivity index (χ3v) is 3.90. The molecule has 3 N–H and O–H groups in total. The summed E-state index contributed by atoms with van der Waals surface area (Å²) in [6.07, 6.45) is 0.0504. The molecule has 144 valence electrons. The van der Waals surface area contributed by atoms with Gasteiger partial charge in [0.25, 0.3) is 0 Å². The number of nitrogens with zero attached hydrogens (tertiary/aromatic N) is 1. The number of rotatable bonds is 7. The number of benzene rings is 1. The van der Waals surface area contributed by atoms with E-state index in [9.17, 15) is 13.2 Å². The molecule has 5 nitrogen and oxygen atoms in total. The number of nitrogens with one attached hydrogen (secondary N) is 3. The Morgan fingerprint density at radius 2 is 1.85 bits per heavy atom. The van der Waals surface area contributed by atoms with Crippen LogP contribution in [-0.4, -0.2) is 24.5 Å². The number of alkyl halides is 3. The van der Waals surface area contributed by atoms with Gasteiger partial charge in [-0.15, -0.1) is 13.2 Å². The largest absolute Gasteiger partial charge is 0.573 e. The van der Waals surface area contributed by atoms with E-state index >= 15 is 0 Å². The number of hydrogen-bond acceptors (Lipinski definition) is 5. The Morgan fingerprint density at radius 3 is 2.38 bits per heavy atom. The number of guanidine groups is 1. The highest BCUT2D eigenvalue weighted by molar-refractivity contribution is 5.95. The molecule has 0 bridgehead atoms. The van der Waals surface area contributed by atoms with Gasteiger partial charge < -0.3 is 15.4 Å². The van der Waals surface area contributed by atoms with Crippen LogP contribution in [0.1, 0.15) is 40.0 Å². The van der Waals surface area contributed by atoms with Gasteiger partial charge >= 0.3 is 6.36 Å². The quantitative estimate of drug-likeness (QED) is 0.668. The van der Waals surface area contributed by atoms with Crippen LogP contribution in [0.4, 0.5) is 18.9 Å². The highest BCUT2D eigenvalue weighted by Crippen LogP contribution is 2.25. The van der Waals surface area contributed by atoms with Crippen LogP contribution in [0.2, 0.25) is 0 Å². The summed E-state index contributed by atoms with van der Waals surface area (Å²) < 4.78 is 40.6. The number of allylic oxidation sites excluding steroid dienone is 1. The molecule has 0 amide bonds. The fraction of sp³-hybridized carbons (Fsp3) is 0.500. The van der Waals surface area contributed by atoms with E-state index in [4.69, 9.17) is 4.99 Å². The van der Waals surface area contributed by atoms with Gasteiger partial charge in [0.15, 0.2) is 0 Å². The van der Waals surface area contributed by atoms with Crippen molar-refractivity contribution in [3.63, 3.8) is 0 Å². The molecule has 1 atom stereocenters. The maximum Gasteiger partial charge on any atom is 0.573 e. The van der Waals surface area contributed by atoms with Crippen molar-refractivity contribution in [3.8, 4) is 5.75 Å². The Hall–Kier alpha value is -2.22. The topological polar surface area (TPSA) is 57.7 Å². The lowest BCUT2D eigenvalue weighted by Crippen LogP contribution is -2.48. The summed E-state index contributed by atoms with van der Waals surface area (Å²) in [6.45, 7) is 6.94. The van der Waals surface area contributed by atoms with Crippen molar-refractivity contribution in [2.75, 3.05) is 11.9 Å². The summed E-state index contributed by atoms with van der Waals surface area (Å²) in [4.78, 5) is 4.73. The van der Waals surface area contributed by atoms with E-state index in [0.717, 1.165) is 31.5 Å². The highest BCUT2D eigenvalue weighted by Gasteiger charge is 2.31. The standard InChI is InChI=1S/C18H25F3N4O/c1-4-7-14-12-17(5-2,22-6-3)25-16(24-14)23-13-8-10-15(11-9-13)26-18(19,20)21/h8-12,22H,4-7H2,1-3H3,(H2,23,24,25). The lowest BCUT2D eigenvalue weighted by Gasteiger charge is -2.33. The summed E-state index contributed by atoms with van der Waals surface area (Å²) >= 11 is 0. The summed E-state index contributed by atoms with van der Waals surface area (Å²) in [6, 6.07) is 5.56. The van der Waals surface area contributed by atoms with Crippen LogP contribution >= 0.6 is 0 Å². The maximum atomic E-state index is 12.2. The number of aliphatic imine (C=N–C) groups is 1. The molecule has 1 heterocycles. The second-order valence-electron chi connectivity index (χ2n) is 6.01. The van der Waals surface area contributed by atoms with Gasteiger partial charge in [0.05, 0.1) is 0 Å². The van der Waals surface area contributed by atoms with Gasteiger partial charge in [0.2, 0.25) is 5.96 Å². The van der Waals surface area contributed by atoms with Crippen LogP contribution in [0.3, 0.4) is 0 Å². The SMILES string of the molecule is CCCC1=CC(CC)(NCC)N=C(Nc2ccc(OC(F)(F)F)cc2)N1. The first-order chi connectivity index (χ1) is 12.3. The van der Waals surface area contributed by atoms with Crippen molar-refractivity contribution in [1.29, 1.82) is 0 Å². The Labute approximate surface area is 151 Å². The first kappa shape index (κ1) is 20.1.